The van der Waals surface area contributed by atoms with Crippen molar-refractivity contribution in [2.45, 2.75) is 56.2 Å². The normalized spacial score (nSPS) is 15.6. The first kappa shape index (κ1) is 21.6. The largest absolute Gasteiger partial charge is 0.460 e. The van der Waals surface area contributed by atoms with Gasteiger partial charge in [0.25, 0.3) is 0 Å². The Morgan fingerprint density at radius 3 is 1.64 bits per heavy atom. The van der Waals surface area contributed by atoms with Gasteiger partial charge in [0.1, 0.15) is 0 Å². The second kappa shape index (κ2) is 6.69. The lowest BCUT2D eigenvalue weighted by Gasteiger charge is -2.34. The molecule has 1 unspecified atom stereocenters. The lowest BCUT2D eigenvalue weighted by atomic mass is 9.89. The highest BCUT2D eigenvalue weighted by Crippen LogP contribution is 2.55. The second-order valence-corrected chi connectivity index (χ2v) is 5.85. The van der Waals surface area contributed by atoms with E-state index in [9.17, 15) is 44.6 Å². The summed E-state index contributed by atoms with van der Waals surface area (Å²) in [5.41, 5.74) is 0.0278. The van der Waals surface area contributed by atoms with E-state index in [4.69, 9.17) is 0 Å². The van der Waals surface area contributed by atoms with Crippen LogP contribution in [0.25, 0.3) is 0 Å². The van der Waals surface area contributed by atoms with Crippen molar-refractivity contribution in [1.29, 1.82) is 0 Å². The third-order valence-electron chi connectivity index (χ3n) is 3.64. The van der Waals surface area contributed by atoms with Crippen LogP contribution in [0.3, 0.4) is 0 Å². The van der Waals surface area contributed by atoms with Crippen molar-refractivity contribution < 1.29 is 44.6 Å². The van der Waals surface area contributed by atoms with Crippen LogP contribution in [0.1, 0.15) is 43.4 Å². The lowest BCUT2D eigenvalue weighted by Crippen LogP contribution is -2.61. The molecule has 0 fully saturated rings. The molecule has 1 atom stereocenters. The standard InChI is InChI=1S/C15H15F9O/c1-8(2)9-5-3-4-6-10(9)11(25)7-12(16,17)13(18,19)14(20,21)15(22,23)24/h3-6,8,11,25H,7H2,1-2H3. The van der Waals surface area contributed by atoms with Crippen molar-refractivity contribution in [2.75, 3.05) is 0 Å². The summed E-state index contributed by atoms with van der Waals surface area (Å²) >= 11 is 0. The van der Waals surface area contributed by atoms with Crippen LogP contribution in [0.5, 0.6) is 0 Å². The van der Waals surface area contributed by atoms with Crippen molar-refractivity contribution >= 4 is 0 Å². The highest BCUT2D eigenvalue weighted by atomic mass is 19.4. The predicted molar refractivity (Wildman–Crippen MR) is 71.0 cm³/mol. The van der Waals surface area contributed by atoms with E-state index in [2.05, 4.69) is 0 Å². The van der Waals surface area contributed by atoms with Gasteiger partial charge < -0.3 is 5.11 Å². The first-order valence-corrected chi connectivity index (χ1v) is 7.03. The summed E-state index contributed by atoms with van der Waals surface area (Å²) < 4.78 is 116. The molecule has 144 valence electrons. The summed E-state index contributed by atoms with van der Waals surface area (Å²) in [5.74, 6) is -19.8. The Morgan fingerprint density at radius 2 is 1.24 bits per heavy atom. The Balaban J connectivity index is 3.20. The number of rotatable bonds is 6. The first-order chi connectivity index (χ1) is 11.1. The van der Waals surface area contributed by atoms with Crippen LogP contribution in [0.4, 0.5) is 39.5 Å². The summed E-state index contributed by atoms with van der Waals surface area (Å²) in [6.07, 6.45) is -11.5. The van der Waals surface area contributed by atoms with Crippen LogP contribution < -0.4 is 0 Å². The van der Waals surface area contributed by atoms with E-state index in [-0.39, 0.29) is 17.0 Å². The third-order valence-corrected chi connectivity index (χ3v) is 3.64. The number of benzene rings is 1. The highest BCUT2D eigenvalue weighted by Gasteiger charge is 2.81. The van der Waals surface area contributed by atoms with Crippen LogP contribution in [0.2, 0.25) is 0 Å². The summed E-state index contributed by atoms with van der Waals surface area (Å²) in [6, 6.07) is 5.25. The Morgan fingerprint density at radius 1 is 0.800 bits per heavy atom. The van der Waals surface area contributed by atoms with Gasteiger partial charge in [-0.15, -0.1) is 0 Å². The molecule has 1 aromatic carbocycles. The van der Waals surface area contributed by atoms with E-state index in [1.54, 1.807) is 13.8 Å². The summed E-state index contributed by atoms with van der Waals surface area (Å²) in [7, 11) is 0. The number of hydrogen-bond acceptors (Lipinski definition) is 1. The van der Waals surface area contributed by atoms with Gasteiger partial charge in [-0.1, -0.05) is 38.1 Å². The minimum absolute atomic E-state index is 0.247. The Kier molecular flexibility index (Phi) is 5.78. The fraction of sp³-hybridized carbons (Fsp3) is 0.600. The zero-order valence-electron chi connectivity index (χ0n) is 13.0. The average Bonchev–Trinajstić information content (AvgIpc) is 2.45. The third kappa shape index (κ3) is 3.88. The van der Waals surface area contributed by atoms with E-state index in [1.807, 2.05) is 0 Å². The van der Waals surface area contributed by atoms with Gasteiger partial charge in [-0.3, -0.25) is 0 Å². The molecular weight excluding hydrogens is 367 g/mol. The van der Waals surface area contributed by atoms with Crippen LogP contribution in [-0.4, -0.2) is 29.1 Å². The summed E-state index contributed by atoms with van der Waals surface area (Å²) in [4.78, 5) is 0. The zero-order valence-corrected chi connectivity index (χ0v) is 13.0. The Hall–Kier alpha value is -1.45. The molecule has 1 N–H and O–H groups in total. The minimum Gasteiger partial charge on any atom is -0.388 e. The molecule has 1 rings (SSSR count). The molecule has 0 spiro atoms. The summed E-state index contributed by atoms with van der Waals surface area (Å²) in [6.45, 7) is 3.19. The Labute approximate surface area is 137 Å². The van der Waals surface area contributed by atoms with Crippen molar-refractivity contribution in [2.24, 2.45) is 0 Å². The van der Waals surface area contributed by atoms with Crippen LogP contribution in [0, 0.1) is 0 Å². The molecule has 0 aliphatic heterocycles. The van der Waals surface area contributed by atoms with Gasteiger partial charge in [0, 0.05) is 6.42 Å². The number of hydrogen-bond donors (Lipinski definition) is 1. The highest BCUT2D eigenvalue weighted by molar-refractivity contribution is 5.31. The first-order valence-electron chi connectivity index (χ1n) is 7.03. The molecule has 0 bridgehead atoms. The molecular formula is C15H15F9O. The van der Waals surface area contributed by atoms with Crippen LogP contribution in [0.15, 0.2) is 24.3 Å². The number of alkyl halides is 9. The smallest absolute Gasteiger partial charge is 0.388 e. The SMILES string of the molecule is CC(C)c1ccccc1C(O)CC(F)(F)C(F)(F)C(F)(F)C(F)(F)F. The monoisotopic (exact) mass is 382 g/mol. The molecule has 0 saturated heterocycles. The quantitative estimate of drug-likeness (QED) is 0.626. The second-order valence-electron chi connectivity index (χ2n) is 5.85. The molecule has 0 amide bonds. The van der Waals surface area contributed by atoms with E-state index in [1.165, 1.54) is 18.2 Å². The van der Waals surface area contributed by atoms with Gasteiger partial charge in [0.05, 0.1) is 6.10 Å². The van der Waals surface area contributed by atoms with Gasteiger partial charge in [-0.25, -0.2) is 0 Å². The summed E-state index contributed by atoms with van der Waals surface area (Å²) in [5, 5.41) is 9.78. The number of halogens is 9. The molecule has 1 aromatic rings. The molecule has 0 saturated carbocycles. The molecule has 0 heterocycles. The number of aliphatic hydroxyl groups is 1. The van der Waals surface area contributed by atoms with Crippen molar-refractivity contribution in [1.82, 2.24) is 0 Å². The zero-order chi connectivity index (χ0) is 19.8. The molecule has 25 heavy (non-hydrogen) atoms. The fourth-order valence-electron chi connectivity index (χ4n) is 2.23. The van der Waals surface area contributed by atoms with Crippen molar-refractivity contribution in [3.05, 3.63) is 35.4 Å². The topological polar surface area (TPSA) is 20.2 Å². The lowest BCUT2D eigenvalue weighted by molar-refractivity contribution is -0.398. The van der Waals surface area contributed by atoms with Gasteiger partial charge in [0.15, 0.2) is 0 Å². The number of aliphatic hydroxyl groups excluding tert-OH is 1. The Bertz CT molecular complexity index is 593. The van der Waals surface area contributed by atoms with Crippen LogP contribution in [-0.2, 0) is 0 Å². The maximum absolute atomic E-state index is 13.6. The van der Waals surface area contributed by atoms with Crippen LogP contribution >= 0.6 is 0 Å². The minimum atomic E-state index is -6.96. The van der Waals surface area contributed by atoms with E-state index in [0.29, 0.717) is 0 Å². The van der Waals surface area contributed by atoms with Gasteiger partial charge in [0.2, 0.25) is 0 Å². The van der Waals surface area contributed by atoms with E-state index >= 15 is 0 Å². The average molecular weight is 382 g/mol. The predicted octanol–water partition coefficient (Wildman–Crippen LogP) is 5.70. The molecule has 0 aliphatic carbocycles. The van der Waals surface area contributed by atoms with Gasteiger partial charge >= 0.3 is 23.9 Å². The molecule has 10 heteroatoms. The fourth-order valence-corrected chi connectivity index (χ4v) is 2.23. The van der Waals surface area contributed by atoms with Crippen molar-refractivity contribution in [3.8, 4) is 0 Å². The van der Waals surface area contributed by atoms with Gasteiger partial charge in [-0.05, 0) is 17.0 Å². The van der Waals surface area contributed by atoms with Crippen molar-refractivity contribution in [3.63, 3.8) is 0 Å². The molecule has 1 nitrogen and oxygen atoms in total. The maximum atomic E-state index is 13.6. The molecule has 0 aromatic heterocycles. The van der Waals surface area contributed by atoms with Gasteiger partial charge in [-0.2, -0.15) is 39.5 Å². The van der Waals surface area contributed by atoms with E-state index < -0.39 is 36.5 Å². The van der Waals surface area contributed by atoms with E-state index in [0.717, 1.165) is 6.07 Å². The molecule has 0 radical (unpaired) electrons. The maximum Gasteiger partial charge on any atom is 0.460 e. The molecule has 0 aliphatic rings.